The lowest BCUT2D eigenvalue weighted by Gasteiger charge is -2.10. The van der Waals surface area contributed by atoms with Crippen LogP contribution in [0.15, 0.2) is 18.2 Å². The summed E-state index contributed by atoms with van der Waals surface area (Å²) in [7, 11) is 0. The van der Waals surface area contributed by atoms with Crippen LogP contribution >= 0.6 is 0 Å². The molecular weight excluding hydrogens is 185 g/mol. The van der Waals surface area contributed by atoms with Crippen LogP contribution in [0.25, 0.3) is 0 Å². The topological polar surface area (TPSA) is 38.3 Å². The summed E-state index contributed by atoms with van der Waals surface area (Å²) in [6.07, 6.45) is 0.757. The molecule has 0 radical (unpaired) electrons. The van der Waals surface area contributed by atoms with Gasteiger partial charge in [-0.1, -0.05) is 0 Å². The van der Waals surface area contributed by atoms with Gasteiger partial charge in [-0.25, -0.2) is 4.39 Å². The van der Waals surface area contributed by atoms with E-state index in [2.05, 4.69) is 5.32 Å². The number of hydrogen-bond donors (Lipinski definition) is 1. The van der Waals surface area contributed by atoms with Crippen LogP contribution in [0.3, 0.4) is 0 Å². The zero-order valence-electron chi connectivity index (χ0n) is 7.50. The van der Waals surface area contributed by atoms with Gasteiger partial charge >= 0.3 is 0 Å². The van der Waals surface area contributed by atoms with Crippen LogP contribution in [0, 0.1) is 5.82 Å². The highest BCUT2D eigenvalue weighted by molar-refractivity contribution is 5.64. The van der Waals surface area contributed by atoms with Crippen LogP contribution in [-0.4, -0.2) is 19.4 Å². The van der Waals surface area contributed by atoms with Gasteiger partial charge < -0.3 is 14.8 Å². The summed E-state index contributed by atoms with van der Waals surface area (Å²) in [5.41, 5.74) is 0.567. The van der Waals surface area contributed by atoms with E-state index in [1.807, 2.05) is 0 Å². The second kappa shape index (κ2) is 3.75. The summed E-state index contributed by atoms with van der Waals surface area (Å²) in [6.45, 7) is 1.07. The molecule has 74 valence electrons. The van der Waals surface area contributed by atoms with E-state index in [-0.39, 0.29) is 5.82 Å². The van der Waals surface area contributed by atoms with Gasteiger partial charge in [0.15, 0.2) is 0 Å². The first-order valence-electron chi connectivity index (χ1n) is 4.42. The third kappa shape index (κ3) is 1.61. The van der Waals surface area contributed by atoms with Crippen molar-refractivity contribution in [3.8, 4) is 5.75 Å². The highest BCUT2D eigenvalue weighted by atomic mass is 19.1. The Morgan fingerprint density at radius 3 is 3.21 bits per heavy atom. The third-order valence-corrected chi connectivity index (χ3v) is 2.17. The molecule has 0 aliphatic carbocycles. The maximum atomic E-state index is 12.9. The van der Waals surface area contributed by atoms with Crippen LogP contribution in [-0.2, 0) is 4.79 Å². The Balaban J connectivity index is 2.45. The van der Waals surface area contributed by atoms with Gasteiger partial charge in [-0.3, -0.25) is 0 Å². The fraction of sp³-hybridized carbons (Fsp3) is 0.300. The minimum absolute atomic E-state index is 0.358. The van der Waals surface area contributed by atoms with E-state index < -0.39 is 6.04 Å². The number of carbonyl (C=O) groups excluding carboxylic acids is 1. The van der Waals surface area contributed by atoms with Crippen molar-refractivity contribution in [3.05, 3.63) is 29.6 Å². The molecule has 1 atom stereocenters. The molecule has 1 N–H and O–H groups in total. The molecule has 1 heterocycles. The number of hydrogen-bond acceptors (Lipinski definition) is 3. The summed E-state index contributed by atoms with van der Waals surface area (Å²) >= 11 is 0. The molecule has 1 aliphatic rings. The fourth-order valence-electron chi connectivity index (χ4n) is 1.50. The van der Waals surface area contributed by atoms with Crippen molar-refractivity contribution in [1.29, 1.82) is 0 Å². The second-order valence-electron chi connectivity index (χ2n) is 3.10. The predicted octanol–water partition coefficient (Wildman–Crippen LogP) is 1.05. The quantitative estimate of drug-likeness (QED) is 0.680. The second-order valence-corrected chi connectivity index (χ2v) is 3.10. The third-order valence-electron chi connectivity index (χ3n) is 2.17. The molecule has 1 aromatic carbocycles. The van der Waals surface area contributed by atoms with Crippen LogP contribution < -0.4 is 10.1 Å². The van der Waals surface area contributed by atoms with Gasteiger partial charge in [0, 0.05) is 12.1 Å². The van der Waals surface area contributed by atoms with Crippen molar-refractivity contribution in [1.82, 2.24) is 5.32 Å². The molecule has 3 nitrogen and oxygen atoms in total. The van der Waals surface area contributed by atoms with E-state index in [0.717, 1.165) is 6.29 Å². The van der Waals surface area contributed by atoms with Crippen molar-refractivity contribution >= 4 is 6.29 Å². The Kier molecular flexibility index (Phi) is 2.45. The largest absolute Gasteiger partial charge is 0.492 e. The van der Waals surface area contributed by atoms with E-state index in [1.54, 1.807) is 6.07 Å². The monoisotopic (exact) mass is 195 g/mol. The predicted molar refractivity (Wildman–Crippen MR) is 48.7 cm³/mol. The number of carbonyl (C=O) groups is 1. The number of rotatable bonds is 1. The van der Waals surface area contributed by atoms with Crippen LogP contribution in [0.1, 0.15) is 11.6 Å². The smallest absolute Gasteiger partial charge is 0.141 e. The Morgan fingerprint density at radius 2 is 2.43 bits per heavy atom. The number of nitrogens with one attached hydrogen (secondary N) is 1. The fourth-order valence-corrected chi connectivity index (χ4v) is 1.50. The van der Waals surface area contributed by atoms with Gasteiger partial charge in [0.2, 0.25) is 0 Å². The van der Waals surface area contributed by atoms with E-state index in [1.165, 1.54) is 12.1 Å². The van der Waals surface area contributed by atoms with Crippen molar-refractivity contribution in [2.24, 2.45) is 0 Å². The molecule has 1 aromatic rings. The summed E-state index contributed by atoms with van der Waals surface area (Å²) in [5.74, 6) is 0.219. The molecule has 1 aliphatic heterocycles. The zero-order chi connectivity index (χ0) is 9.97. The average Bonchev–Trinajstić information content (AvgIpc) is 2.39. The summed E-state index contributed by atoms with van der Waals surface area (Å²) in [6, 6.07) is 3.73. The van der Waals surface area contributed by atoms with Gasteiger partial charge in [0.1, 0.15) is 24.5 Å². The molecular formula is C10H10FNO2. The molecule has 0 saturated carbocycles. The Labute approximate surface area is 80.9 Å². The van der Waals surface area contributed by atoms with Gasteiger partial charge in [-0.2, -0.15) is 0 Å². The standard InChI is InChI=1S/C10H10FNO2/c11-7-1-2-10-8(5-7)9(6-13)12-3-4-14-10/h1-2,5-6,9,12H,3-4H2. The number of ether oxygens (including phenoxy) is 1. The molecule has 1 unspecified atom stereocenters. The SMILES string of the molecule is O=CC1NCCOc2ccc(F)cc21. The van der Waals surface area contributed by atoms with Gasteiger partial charge in [-0.05, 0) is 18.2 Å². The lowest BCUT2D eigenvalue weighted by atomic mass is 10.1. The van der Waals surface area contributed by atoms with Crippen molar-refractivity contribution in [2.75, 3.05) is 13.2 Å². The highest BCUT2D eigenvalue weighted by Crippen LogP contribution is 2.26. The Hall–Kier alpha value is -1.42. The highest BCUT2D eigenvalue weighted by Gasteiger charge is 2.18. The normalized spacial score (nSPS) is 20.5. The molecule has 14 heavy (non-hydrogen) atoms. The molecule has 2 rings (SSSR count). The first-order valence-corrected chi connectivity index (χ1v) is 4.42. The van der Waals surface area contributed by atoms with Crippen LogP contribution in [0.4, 0.5) is 4.39 Å². The van der Waals surface area contributed by atoms with Crippen molar-refractivity contribution in [3.63, 3.8) is 0 Å². The molecule has 0 amide bonds. The number of aldehydes is 1. The minimum Gasteiger partial charge on any atom is -0.492 e. The molecule has 0 saturated heterocycles. The van der Waals surface area contributed by atoms with Gasteiger partial charge in [-0.15, -0.1) is 0 Å². The lowest BCUT2D eigenvalue weighted by Crippen LogP contribution is -2.23. The number of fused-ring (bicyclic) bond motifs is 1. The van der Waals surface area contributed by atoms with Gasteiger partial charge in [0.25, 0.3) is 0 Å². The van der Waals surface area contributed by atoms with Gasteiger partial charge in [0.05, 0.1) is 6.04 Å². The first kappa shape index (κ1) is 9.15. The molecule has 0 bridgehead atoms. The number of benzene rings is 1. The Bertz CT molecular complexity index is 354. The average molecular weight is 195 g/mol. The van der Waals surface area contributed by atoms with E-state index in [9.17, 15) is 9.18 Å². The maximum Gasteiger partial charge on any atom is 0.141 e. The zero-order valence-corrected chi connectivity index (χ0v) is 7.50. The van der Waals surface area contributed by atoms with E-state index >= 15 is 0 Å². The van der Waals surface area contributed by atoms with Crippen LogP contribution in [0.2, 0.25) is 0 Å². The summed E-state index contributed by atoms with van der Waals surface area (Å²) in [4.78, 5) is 10.7. The maximum absolute atomic E-state index is 12.9. The molecule has 0 aromatic heterocycles. The first-order chi connectivity index (χ1) is 6.81. The molecule has 0 spiro atoms. The van der Waals surface area contributed by atoms with E-state index in [4.69, 9.17) is 4.74 Å². The summed E-state index contributed by atoms with van der Waals surface area (Å²) in [5, 5.41) is 2.95. The minimum atomic E-state index is -0.469. The Morgan fingerprint density at radius 1 is 1.57 bits per heavy atom. The lowest BCUT2D eigenvalue weighted by molar-refractivity contribution is -0.109. The summed E-state index contributed by atoms with van der Waals surface area (Å²) < 4.78 is 18.3. The molecule has 4 heteroatoms. The number of halogens is 1. The van der Waals surface area contributed by atoms with Crippen molar-refractivity contribution < 1.29 is 13.9 Å². The molecule has 0 fully saturated rings. The van der Waals surface area contributed by atoms with Crippen molar-refractivity contribution in [2.45, 2.75) is 6.04 Å². The van der Waals surface area contributed by atoms with E-state index in [0.29, 0.717) is 24.5 Å². The van der Waals surface area contributed by atoms with Crippen LogP contribution in [0.5, 0.6) is 5.75 Å².